The number of likely N-dealkylation sites (tertiary alicyclic amines) is 1. The number of aromatic nitrogens is 2. The normalized spacial score (nSPS) is 17.4. The predicted octanol–water partition coefficient (Wildman–Crippen LogP) is 4.16. The van der Waals surface area contributed by atoms with Gasteiger partial charge in [0.2, 0.25) is 0 Å². The fraction of sp³-hybridized carbons (Fsp3) is 0.316. The van der Waals surface area contributed by atoms with Crippen molar-refractivity contribution < 1.29 is 13.2 Å². The van der Waals surface area contributed by atoms with E-state index < -0.39 is 10.0 Å². The van der Waals surface area contributed by atoms with Crippen LogP contribution in [-0.4, -0.2) is 41.2 Å². The van der Waals surface area contributed by atoms with Crippen molar-refractivity contribution in [2.45, 2.75) is 37.3 Å². The molecule has 0 radical (unpaired) electrons. The second-order valence-electron chi connectivity index (χ2n) is 6.99. The van der Waals surface area contributed by atoms with Gasteiger partial charge in [0, 0.05) is 23.8 Å². The molecule has 0 saturated carbocycles. The summed E-state index contributed by atoms with van der Waals surface area (Å²) in [6.45, 7) is 2.65. The molecule has 0 bridgehead atoms. The molecule has 1 N–H and O–H groups in total. The van der Waals surface area contributed by atoms with Crippen LogP contribution in [0.2, 0.25) is 5.02 Å². The third kappa shape index (κ3) is 3.94. The Labute approximate surface area is 177 Å². The molecule has 1 saturated heterocycles. The third-order valence-electron chi connectivity index (χ3n) is 5.02. The van der Waals surface area contributed by atoms with Crippen LogP contribution in [0.4, 0.5) is 5.69 Å². The highest BCUT2D eigenvalue weighted by Crippen LogP contribution is 2.29. The molecule has 0 spiro atoms. The van der Waals surface area contributed by atoms with E-state index in [1.165, 1.54) is 30.0 Å². The Morgan fingerprint density at radius 1 is 1.31 bits per heavy atom. The first-order valence-corrected chi connectivity index (χ1v) is 11.8. The number of hydrogen-bond acceptors (Lipinski definition) is 6. The van der Waals surface area contributed by atoms with Gasteiger partial charge in [0.25, 0.3) is 15.9 Å². The fourth-order valence-electron chi connectivity index (χ4n) is 3.52. The van der Waals surface area contributed by atoms with Crippen LogP contribution in [-0.2, 0) is 10.0 Å². The molecule has 7 nitrogen and oxygen atoms in total. The number of nitrogens with one attached hydrogen (secondary N) is 1. The van der Waals surface area contributed by atoms with Gasteiger partial charge in [0.15, 0.2) is 5.03 Å². The van der Waals surface area contributed by atoms with Crippen molar-refractivity contribution in [2.75, 3.05) is 11.3 Å². The Bertz CT molecular complexity index is 1180. The van der Waals surface area contributed by atoms with Crippen LogP contribution in [0.1, 0.15) is 36.5 Å². The molecule has 2 aromatic heterocycles. The summed E-state index contributed by atoms with van der Waals surface area (Å²) in [5, 5.41) is 0.632. The standard InChI is InChI=1S/C19H19ClN4O3S2/c1-12-4-2-3-9-24(12)19(25)14-6-5-13(20)10-16(14)23-29(26,27)18-15-11-22-28-17(15)7-8-21-18/h5-8,10-12,23H,2-4,9H2,1H3. The van der Waals surface area contributed by atoms with Gasteiger partial charge in [-0.2, -0.15) is 12.8 Å². The van der Waals surface area contributed by atoms with Crippen LogP contribution >= 0.6 is 23.1 Å². The number of rotatable bonds is 4. The van der Waals surface area contributed by atoms with E-state index in [9.17, 15) is 13.2 Å². The predicted molar refractivity (Wildman–Crippen MR) is 114 cm³/mol. The van der Waals surface area contributed by atoms with Crippen molar-refractivity contribution in [2.24, 2.45) is 0 Å². The van der Waals surface area contributed by atoms with Gasteiger partial charge in [-0.05, 0) is 62.0 Å². The van der Waals surface area contributed by atoms with E-state index in [-0.39, 0.29) is 28.2 Å². The number of amides is 1. The van der Waals surface area contributed by atoms with Gasteiger partial charge in [-0.15, -0.1) is 0 Å². The van der Waals surface area contributed by atoms with E-state index in [2.05, 4.69) is 14.1 Å². The molecule has 29 heavy (non-hydrogen) atoms. The minimum absolute atomic E-state index is 0.101. The van der Waals surface area contributed by atoms with Crippen molar-refractivity contribution in [3.63, 3.8) is 0 Å². The minimum atomic E-state index is -4.05. The number of sulfonamides is 1. The SMILES string of the molecule is CC1CCCCN1C(=O)c1ccc(Cl)cc1NS(=O)(=O)c1nccc2sncc12. The number of anilines is 1. The highest BCUT2D eigenvalue weighted by atomic mass is 35.5. The highest BCUT2D eigenvalue weighted by Gasteiger charge is 2.28. The number of carbonyl (C=O) groups is 1. The van der Waals surface area contributed by atoms with Crippen molar-refractivity contribution in [1.29, 1.82) is 0 Å². The Morgan fingerprint density at radius 3 is 2.93 bits per heavy atom. The quantitative estimate of drug-likeness (QED) is 0.644. The first kappa shape index (κ1) is 20.1. The van der Waals surface area contributed by atoms with Gasteiger partial charge in [-0.1, -0.05) is 11.6 Å². The molecule has 0 aliphatic carbocycles. The van der Waals surface area contributed by atoms with Crippen molar-refractivity contribution in [1.82, 2.24) is 14.3 Å². The number of benzene rings is 1. The van der Waals surface area contributed by atoms with Gasteiger partial charge < -0.3 is 4.90 Å². The number of carbonyl (C=O) groups excluding carboxylic acids is 1. The van der Waals surface area contributed by atoms with E-state index in [0.717, 1.165) is 19.3 Å². The number of halogens is 1. The van der Waals surface area contributed by atoms with Gasteiger partial charge in [0.1, 0.15) is 0 Å². The summed E-state index contributed by atoms with van der Waals surface area (Å²) in [5.41, 5.74) is 0.407. The van der Waals surface area contributed by atoms with E-state index in [1.807, 2.05) is 6.92 Å². The van der Waals surface area contributed by atoms with E-state index in [0.29, 0.717) is 21.7 Å². The lowest BCUT2D eigenvalue weighted by Crippen LogP contribution is -2.42. The molecule has 1 fully saturated rings. The summed E-state index contributed by atoms with van der Waals surface area (Å²) in [6.07, 6.45) is 5.84. The summed E-state index contributed by atoms with van der Waals surface area (Å²) in [7, 11) is -4.05. The zero-order valence-electron chi connectivity index (χ0n) is 15.6. The lowest BCUT2D eigenvalue weighted by molar-refractivity contribution is 0.0636. The summed E-state index contributed by atoms with van der Waals surface area (Å²) < 4.78 is 33.4. The second kappa shape index (κ2) is 7.89. The summed E-state index contributed by atoms with van der Waals surface area (Å²) in [6, 6.07) is 6.40. The molecule has 1 aliphatic heterocycles. The Morgan fingerprint density at radius 2 is 2.14 bits per heavy atom. The maximum absolute atomic E-state index is 13.2. The topological polar surface area (TPSA) is 92.3 Å². The second-order valence-corrected chi connectivity index (χ2v) is 9.86. The van der Waals surface area contributed by atoms with Crippen LogP contribution < -0.4 is 4.72 Å². The average molecular weight is 451 g/mol. The maximum Gasteiger partial charge on any atom is 0.280 e. The zero-order valence-corrected chi connectivity index (χ0v) is 18.0. The molecule has 1 aliphatic rings. The summed E-state index contributed by atoms with van der Waals surface area (Å²) in [5.74, 6) is -0.213. The smallest absolute Gasteiger partial charge is 0.280 e. The van der Waals surface area contributed by atoms with Gasteiger partial charge in [-0.3, -0.25) is 9.52 Å². The van der Waals surface area contributed by atoms with Crippen LogP contribution in [0.5, 0.6) is 0 Å². The largest absolute Gasteiger partial charge is 0.336 e. The lowest BCUT2D eigenvalue weighted by atomic mass is 10.0. The average Bonchev–Trinajstić information content (AvgIpc) is 3.16. The van der Waals surface area contributed by atoms with Crippen LogP contribution in [0, 0.1) is 0 Å². The molecule has 1 amide bonds. The van der Waals surface area contributed by atoms with E-state index in [1.54, 1.807) is 23.1 Å². The molecule has 1 aromatic carbocycles. The van der Waals surface area contributed by atoms with Crippen molar-refractivity contribution in [3.05, 3.63) is 47.2 Å². The molecular formula is C19H19ClN4O3S2. The van der Waals surface area contributed by atoms with Crippen LogP contribution in [0.3, 0.4) is 0 Å². The molecule has 1 atom stereocenters. The highest BCUT2D eigenvalue weighted by molar-refractivity contribution is 7.92. The molecule has 4 rings (SSSR count). The third-order valence-corrected chi connectivity index (χ3v) is 7.34. The Kier molecular flexibility index (Phi) is 5.46. The first-order valence-electron chi connectivity index (χ1n) is 9.19. The summed E-state index contributed by atoms with van der Waals surface area (Å²) in [4.78, 5) is 19.0. The number of pyridine rings is 1. The number of piperidine rings is 1. The van der Waals surface area contributed by atoms with Crippen molar-refractivity contribution >= 4 is 54.8 Å². The number of hydrogen-bond donors (Lipinski definition) is 1. The maximum atomic E-state index is 13.2. The first-order chi connectivity index (χ1) is 13.9. The number of nitrogens with zero attached hydrogens (tertiary/aromatic N) is 3. The minimum Gasteiger partial charge on any atom is -0.336 e. The van der Waals surface area contributed by atoms with Gasteiger partial charge >= 0.3 is 0 Å². The molecular weight excluding hydrogens is 432 g/mol. The summed E-state index contributed by atoms with van der Waals surface area (Å²) >= 11 is 7.29. The van der Waals surface area contributed by atoms with Gasteiger partial charge in [-0.25, -0.2) is 4.98 Å². The Balaban J connectivity index is 1.72. The van der Waals surface area contributed by atoms with Crippen LogP contribution in [0.25, 0.3) is 10.1 Å². The molecule has 3 aromatic rings. The molecule has 3 heterocycles. The monoisotopic (exact) mass is 450 g/mol. The molecule has 1 unspecified atom stereocenters. The van der Waals surface area contributed by atoms with Gasteiger partial charge in [0.05, 0.1) is 27.5 Å². The van der Waals surface area contributed by atoms with E-state index in [4.69, 9.17) is 11.6 Å². The zero-order chi connectivity index (χ0) is 20.6. The number of fused-ring (bicyclic) bond motifs is 1. The molecule has 10 heteroatoms. The Hall–Kier alpha value is -2.23. The lowest BCUT2D eigenvalue weighted by Gasteiger charge is -2.34. The fourth-order valence-corrected chi connectivity index (χ4v) is 5.61. The van der Waals surface area contributed by atoms with Crippen molar-refractivity contribution in [3.8, 4) is 0 Å². The van der Waals surface area contributed by atoms with Crippen LogP contribution in [0.15, 0.2) is 41.7 Å². The molecule has 152 valence electrons. The van der Waals surface area contributed by atoms with E-state index >= 15 is 0 Å².